The number of aromatic amines is 1. The highest BCUT2D eigenvalue weighted by molar-refractivity contribution is 6.07. The van der Waals surface area contributed by atoms with E-state index in [1.165, 1.54) is 0 Å². The fraction of sp³-hybridized carbons (Fsp3) is 0.381. The predicted octanol–water partition coefficient (Wildman–Crippen LogP) is 3.55. The molecule has 6 heteroatoms. The molecule has 1 atom stereocenters. The third kappa shape index (κ3) is 3.39. The first-order valence-corrected chi connectivity index (χ1v) is 9.28. The number of aromatic nitrogens is 3. The maximum atomic E-state index is 13.0. The number of fused-ring (bicyclic) bond motifs is 1. The Kier molecular flexibility index (Phi) is 5.17. The van der Waals surface area contributed by atoms with Crippen molar-refractivity contribution in [3.8, 4) is 0 Å². The first kappa shape index (κ1) is 18.9. The lowest BCUT2D eigenvalue weighted by molar-refractivity contribution is 0.0951. The summed E-state index contributed by atoms with van der Waals surface area (Å²) in [4.78, 5) is 32.5. The van der Waals surface area contributed by atoms with E-state index in [-0.39, 0.29) is 24.1 Å². The minimum atomic E-state index is -0.188. The summed E-state index contributed by atoms with van der Waals surface area (Å²) in [6.45, 7) is 10.1. The molecule has 0 spiro atoms. The zero-order chi connectivity index (χ0) is 19.7. The topological polar surface area (TPSA) is 79.8 Å². The van der Waals surface area contributed by atoms with Gasteiger partial charge < -0.3 is 14.9 Å². The Labute approximate surface area is 158 Å². The zero-order valence-electron chi connectivity index (χ0n) is 16.5. The average Bonchev–Trinajstić information content (AvgIpc) is 2.91. The molecule has 0 aliphatic rings. The van der Waals surface area contributed by atoms with Crippen molar-refractivity contribution in [1.82, 2.24) is 19.9 Å². The van der Waals surface area contributed by atoms with Gasteiger partial charge >= 0.3 is 0 Å². The van der Waals surface area contributed by atoms with Crippen molar-refractivity contribution in [2.45, 2.75) is 53.6 Å². The normalized spacial score (nSPS) is 12.3. The van der Waals surface area contributed by atoms with E-state index in [1.807, 2.05) is 39.0 Å². The van der Waals surface area contributed by atoms with Crippen LogP contribution in [-0.2, 0) is 6.54 Å². The van der Waals surface area contributed by atoms with Crippen molar-refractivity contribution in [1.29, 1.82) is 0 Å². The first-order chi connectivity index (χ1) is 12.8. The van der Waals surface area contributed by atoms with E-state index in [0.717, 1.165) is 34.4 Å². The number of H-pyrrole nitrogens is 1. The molecular weight excluding hydrogens is 340 g/mol. The van der Waals surface area contributed by atoms with Gasteiger partial charge in [-0.15, -0.1) is 0 Å². The Hall–Kier alpha value is -2.89. The van der Waals surface area contributed by atoms with Crippen LogP contribution in [0.2, 0.25) is 0 Å². The Balaban J connectivity index is 1.98. The predicted molar refractivity (Wildman–Crippen MR) is 107 cm³/mol. The third-order valence-corrected chi connectivity index (χ3v) is 5.19. The molecule has 3 rings (SSSR count). The van der Waals surface area contributed by atoms with Crippen molar-refractivity contribution in [3.05, 3.63) is 62.8 Å². The molecule has 6 nitrogen and oxygen atoms in total. The van der Waals surface area contributed by atoms with Crippen molar-refractivity contribution in [3.63, 3.8) is 0 Å². The number of hydrogen-bond acceptors (Lipinski definition) is 3. The molecule has 3 heterocycles. The summed E-state index contributed by atoms with van der Waals surface area (Å²) in [6, 6.07) is 5.92. The Morgan fingerprint density at radius 3 is 2.74 bits per heavy atom. The van der Waals surface area contributed by atoms with Gasteiger partial charge in [0, 0.05) is 41.1 Å². The summed E-state index contributed by atoms with van der Waals surface area (Å²) in [5.74, 6) is -0.188. The fourth-order valence-corrected chi connectivity index (χ4v) is 3.63. The molecule has 3 aromatic rings. The smallest absolute Gasteiger partial charge is 0.254 e. The number of pyridine rings is 2. The summed E-state index contributed by atoms with van der Waals surface area (Å²) >= 11 is 0. The van der Waals surface area contributed by atoms with E-state index < -0.39 is 0 Å². The average molecular weight is 366 g/mol. The van der Waals surface area contributed by atoms with Gasteiger partial charge in [0.15, 0.2) is 0 Å². The highest BCUT2D eigenvalue weighted by Crippen LogP contribution is 2.28. The molecule has 0 fully saturated rings. The molecular formula is C21H26N4O2. The molecule has 0 bridgehead atoms. The molecule has 1 unspecified atom stereocenters. The molecule has 0 aromatic carbocycles. The van der Waals surface area contributed by atoms with Crippen LogP contribution in [0.5, 0.6) is 0 Å². The molecule has 0 aliphatic carbocycles. The van der Waals surface area contributed by atoms with Gasteiger partial charge in [-0.1, -0.05) is 6.92 Å². The lowest BCUT2D eigenvalue weighted by Gasteiger charge is -2.15. The van der Waals surface area contributed by atoms with Gasteiger partial charge in [0.2, 0.25) is 0 Å². The summed E-state index contributed by atoms with van der Waals surface area (Å²) in [6.07, 6.45) is 2.69. The third-order valence-electron chi connectivity index (χ3n) is 5.19. The summed E-state index contributed by atoms with van der Waals surface area (Å²) < 4.78 is 2.12. The first-order valence-electron chi connectivity index (χ1n) is 9.28. The Morgan fingerprint density at radius 1 is 1.33 bits per heavy atom. The lowest BCUT2D eigenvalue weighted by atomic mass is 10.1. The molecule has 0 saturated carbocycles. The molecule has 2 N–H and O–H groups in total. The van der Waals surface area contributed by atoms with E-state index in [4.69, 9.17) is 0 Å². The van der Waals surface area contributed by atoms with Gasteiger partial charge in [0.1, 0.15) is 5.65 Å². The molecule has 1 amide bonds. The van der Waals surface area contributed by atoms with Crippen LogP contribution in [0.4, 0.5) is 0 Å². The van der Waals surface area contributed by atoms with E-state index in [9.17, 15) is 9.59 Å². The molecule has 142 valence electrons. The van der Waals surface area contributed by atoms with Gasteiger partial charge in [-0.2, -0.15) is 0 Å². The van der Waals surface area contributed by atoms with Crippen LogP contribution in [0.25, 0.3) is 11.0 Å². The van der Waals surface area contributed by atoms with Crippen molar-refractivity contribution >= 4 is 16.9 Å². The number of amides is 1. The number of rotatable bonds is 5. The highest BCUT2D eigenvalue weighted by Gasteiger charge is 2.22. The van der Waals surface area contributed by atoms with Crippen molar-refractivity contribution < 1.29 is 4.79 Å². The van der Waals surface area contributed by atoms with Crippen LogP contribution in [0.15, 0.2) is 29.2 Å². The van der Waals surface area contributed by atoms with Crippen molar-refractivity contribution in [2.75, 3.05) is 0 Å². The number of aryl methyl sites for hydroxylation is 2. The second-order valence-electron chi connectivity index (χ2n) is 7.09. The standard InChI is InChI=1S/C21H26N4O2/c1-6-14(4)25-15(5)18(16-8-7-9-22-19(16)25)21(27)23-11-17-12(2)10-13(3)24-20(17)26/h7-10,14H,6,11H2,1-5H3,(H,23,27)(H,24,26). The molecule has 0 radical (unpaired) electrons. The Bertz CT molecular complexity index is 1060. The summed E-state index contributed by atoms with van der Waals surface area (Å²) in [5, 5.41) is 3.76. The van der Waals surface area contributed by atoms with E-state index in [0.29, 0.717) is 11.1 Å². The number of nitrogens with zero attached hydrogens (tertiary/aromatic N) is 2. The SMILES string of the molecule is CCC(C)n1c(C)c(C(=O)NCc2c(C)cc(C)[nH]c2=O)c2cccnc21. The van der Waals surface area contributed by atoms with Crippen LogP contribution in [0.3, 0.4) is 0 Å². The zero-order valence-corrected chi connectivity index (χ0v) is 16.5. The van der Waals surface area contributed by atoms with Crippen LogP contribution < -0.4 is 10.9 Å². The van der Waals surface area contributed by atoms with Crippen molar-refractivity contribution in [2.24, 2.45) is 0 Å². The number of hydrogen-bond donors (Lipinski definition) is 2. The molecule has 0 aliphatic heterocycles. The van der Waals surface area contributed by atoms with E-state index in [1.54, 1.807) is 6.20 Å². The van der Waals surface area contributed by atoms with Gasteiger partial charge in [-0.05, 0) is 57.9 Å². The van der Waals surface area contributed by atoms with E-state index >= 15 is 0 Å². The second-order valence-corrected chi connectivity index (χ2v) is 7.09. The van der Waals surface area contributed by atoms with Crippen LogP contribution >= 0.6 is 0 Å². The molecule has 27 heavy (non-hydrogen) atoms. The summed E-state index contributed by atoms with van der Waals surface area (Å²) in [7, 11) is 0. The van der Waals surface area contributed by atoms with Gasteiger partial charge in [0.25, 0.3) is 11.5 Å². The van der Waals surface area contributed by atoms with Gasteiger partial charge in [0.05, 0.1) is 5.56 Å². The van der Waals surface area contributed by atoms with E-state index in [2.05, 4.69) is 33.7 Å². The second kappa shape index (κ2) is 7.39. The lowest BCUT2D eigenvalue weighted by Crippen LogP contribution is -2.28. The van der Waals surface area contributed by atoms with Crippen LogP contribution in [0.1, 0.15) is 59.2 Å². The largest absolute Gasteiger partial charge is 0.348 e. The van der Waals surface area contributed by atoms with Gasteiger partial charge in [-0.3, -0.25) is 9.59 Å². The minimum Gasteiger partial charge on any atom is -0.348 e. The fourth-order valence-electron chi connectivity index (χ4n) is 3.63. The quantitative estimate of drug-likeness (QED) is 0.725. The Morgan fingerprint density at radius 2 is 2.07 bits per heavy atom. The van der Waals surface area contributed by atoms with Crippen LogP contribution in [-0.4, -0.2) is 20.4 Å². The number of nitrogens with one attached hydrogen (secondary N) is 2. The monoisotopic (exact) mass is 366 g/mol. The number of carbonyl (C=O) groups is 1. The molecule has 3 aromatic heterocycles. The van der Waals surface area contributed by atoms with Gasteiger partial charge in [-0.25, -0.2) is 4.98 Å². The minimum absolute atomic E-state index is 0.159. The maximum absolute atomic E-state index is 13.0. The summed E-state index contributed by atoms with van der Waals surface area (Å²) in [5.41, 5.74) is 4.44. The molecule has 0 saturated heterocycles. The number of carbonyl (C=O) groups excluding carboxylic acids is 1. The maximum Gasteiger partial charge on any atom is 0.254 e. The van der Waals surface area contributed by atoms with Crippen LogP contribution in [0, 0.1) is 20.8 Å². The highest BCUT2D eigenvalue weighted by atomic mass is 16.2.